The van der Waals surface area contributed by atoms with Crippen LogP contribution in [0.15, 0.2) is 60.7 Å². The number of para-hydroxylation sites is 1. The summed E-state index contributed by atoms with van der Waals surface area (Å²) in [5, 5.41) is 4.94. The molecule has 0 atom stereocenters. The summed E-state index contributed by atoms with van der Waals surface area (Å²) >= 11 is 20.2. The highest BCUT2D eigenvalue weighted by molar-refractivity contribution is 7.21. The van der Waals surface area contributed by atoms with Gasteiger partial charge in [-0.05, 0) is 48.5 Å². The zero-order valence-corrected chi connectivity index (χ0v) is 19.2. The minimum Gasteiger partial charge on any atom is -0.495 e. The van der Waals surface area contributed by atoms with E-state index in [1.807, 2.05) is 30.3 Å². The number of carbonyl (C=O) groups excluding carboxylic acids is 1. The number of rotatable bonds is 5. The lowest BCUT2D eigenvalue weighted by Crippen LogP contribution is -2.07. The van der Waals surface area contributed by atoms with Crippen molar-refractivity contribution in [2.24, 2.45) is 0 Å². The lowest BCUT2D eigenvalue weighted by atomic mass is 10.1. The summed E-state index contributed by atoms with van der Waals surface area (Å²) in [6, 6.07) is 16.5. The topological polar surface area (TPSA) is 51.2 Å². The number of methoxy groups -OCH3 is 1. The summed E-state index contributed by atoms with van der Waals surface area (Å²) in [7, 11) is 1.50. The van der Waals surface area contributed by atoms with Gasteiger partial charge >= 0.3 is 0 Å². The molecule has 0 aliphatic rings. The molecule has 0 radical (unpaired) electrons. The van der Waals surface area contributed by atoms with Crippen molar-refractivity contribution in [3.05, 3.63) is 81.3 Å². The third-order valence-electron chi connectivity index (χ3n) is 4.42. The van der Waals surface area contributed by atoms with E-state index in [-0.39, 0.29) is 5.91 Å². The number of fused-ring (bicyclic) bond motifs is 1. The van der Waals surface area contributed by atoms with Crippen molar-refractivity contribution in [1.29, 1.82) is 0 Å². The normalized spacial score (nSPS) is 11.2. The number of nitrogens with zero attached hydrogens (tertiary/aromatic N) is 1. The van der Waals surface area contributed by atoms with E-state index in [0.29, 0.717) is 32.1 Å². The molecular formula is C23H15Cl3N2O2S. The van der Waals surface area contributed by atoms with Gasteiger partial charge in [0.1, 0.15) is 10.8 Å². The van der Waals surface area contributed by atoms with Gasteiger partial charge in [-0.15, -0.1) is 11.3 Å². The Kier molecular flexibility index (Phi) is 6.49. The van der Waals surface area contributed by atoms with Crippen LogP contribution in [0.5, 0.6) is 5.75 Å². The first-order chi connectivity index (χ1) is 14.9. The van der Waals surface area contributed by atoms with Crippen molar-refractivity contribution in [3.63, 3.8) is 0 Å². The number of ether oxygens (including phenoxy) is 1. The third kappa shape index (κ3) is 4.86. The summed E-state index contributed by atoms with van der Waals surface area (Å²) in [6.07, 6.45) is 2.96. The van der Waals surface area contributed by atoms with E-state index < -0.39 is 0 Å². The predicted molar refractivity (Wildman–Crippen MR) is 131 cm³/mol. The fourth-order valence-corrected chi connectivity index (χ4v) is 4.94. The van der Waals surface area contributed by atoms with Crippen LogP contribution in [0.1, 0.15) is 5.56 Å². The lowest BCUT2D eigenvalue weighted by molar-refractivity contribution is -0.111. The molecule has 0 fully saturated rings. The molecule has 4 aromatic rings. The van der Waals surface area contributed by atoms with Crippen molar-refractivity contribution < 1.29 is 9.53 Å². The standard InChI is InChI=1S/C23H15Cl3N2O2S/c1-30-22-13(10-14(24)11-18(22)26)6-9-21(29)27-15-7-8-16(17(25)12-15)23-28-19-4-2-3-5-20(19)31-23/h2-12H,1H3,(H,27,29). The van der Waals surface area contributed by atoms with E-state index in [2.05, 4.69) is 10.3 Å². The summed E-state index contributed by atoms with van der Waals surface area (Å²) in [5.41, 5.74) is 2.91. The molecule has 156 valence electrons. The number of nitrogens with one attached hydrogen (secondary N) is 1. The SMILES string of the molecule is COc1c(Cl)cc(Cl)cc1C=CC(=O)Nc1ccc(-c2nc3ccccc3s2)c(Cl)c1. The summed E-state index contributed by atoms with van der Waals surface area (Å²) in [5.74, 6) is 0.111. The zero-order valence-electron chi connectivity index (χ0n) is 16.2. The van der Waals surface area contributed by atoms with Gasteiger partial charge in [0.25, 0.3) is 0 Å². The maximum absolute atomic E-state index is 12.4. The summed E-state index contributed by atoms with van der Waals surface area (Å²) in [6.45, 7) is 0. The van der Waals surface area contributed by atoms with Crippen molar-refractivity contribution in [1.82, 2.24) is 4.98 Å². The zero-order chi connectivity index (χ0) is 22.0. The van der Waals surface area contributed by atoms with E-state index in [0.717, 1.165) is 20.8 Å². The Morgan fingerprint density at radius 3 is 2.61 bits per heavy atom. The van der Waals surface area contributed by atoms with Crippen molar-refractivity contribution in [3.8, 4) is 16.3 Å². The minimum atomic E-state index is -0.332. The molecule has 1 amide bonds. The maximum atomic E-state index is 12.4. The van der Waals surface area contributed by atoms with Gasteiger partial charge in [0.2, 0.25) is 5.91 Å². The molecule has 1 N–H and O–H groups in total. The Labute approximate surface area is 198 Å². The van der Waals surface area contributed by atoms with Gasteiger partial charge in [-0.3, -0.25) is 4.79 Å². The monoisotopic (exact) mass is 488 g/mol. The van der Waals surface area contributed by atoms with E-state index in [1.165, 1.54) is 13.2 Å². The van der Waals surface area contributed by atoms with Gasteiger partial charge in [0, 0.05) is 27.9 Å². The molecule has 0 bridgehead atoms. The summed E-state index contributed by atoms with van der Waals surface area (Å²) < 4.78 is 6.37. The highest BCUT2D eigenvalue weighted by Crippen LogP contribution is 2.36. The Balaban J connectivity index is 1.52. The van der Waals surface area contributed by atoms with Crippen LogP contribution in [0.25, 0.3) is 26.9 Å². The Hall–Kier alpha value is -2.57. The fraction of sp³-hybridized carbons (Fsp3) is 0.0435. The predicted octanol–water partition coefficient (Wildman–Crippen LogP) is 7.58. The van der Waals surface area contributed by atoms with Crippen LogP contribution < -0.4 is 10.1 Å². The van der Waals surface area contributed by atoms with Gasteiger partial charge in [0.05, 0.1) is 27.4 Å². The van der Waals surface area contributed by atoms with Crippen molar-refractivity contribution in [2.75, 3.05) is 12.4 Å². The Morgan fingerprint density at radius 1 is 1.06 bits per heavy atom. The van der Waals surface area contributed by atoms with E-state index in [1.54, 1.807) is 41.7 Å². The van der Waals surface area contributed by atoms with E-state index >= 15 is 0 Å². The van der Waals surface area contributed by atoms with Gasteiger partial charge < -0.3 is 10.1 Å². The largest absolute Gasteiger partial charge is 0.495 e. The number of amides is 1. The average Bonchev–Trinajstić information content (AvgIpc) is 3.16. The average molecular weight is 490 g/mol. The van der Waals surface area contributed by atoms with Crippen LogP contribution in [-0.4, -0.2) is 18.0 Å². The number of benzene rings is 3. The Bertz CT molecular complexity index is 1280. The second-order valence-electron chi connectivity index (χ2n) is 6.51. The van der Waals surface area contributed by atoms with E-state index in [9.17, 15) is 4.79 Å². The van der Waals surface area contributed by atoms with Crippen molar-refractivity contribution in [2.45, 2.75) is 0 Å². The molecule has 31 heavy (non-hydrogen) atoms. The summed E-state index contributed by atoms with van der Waals surface area (Å²) in [4.78, 5) is 17.0. The van der Waals surface area contributed by atoms with Crippen molar-refractivity contribution >= 4 is 74.0 Å². The molecule has 8 heteroatoms. The van der Waals surface area contributed by atoms with Crippen LogP contribution in [0.4, 0.5) is 5.69 Å². The molecule has 0 spiro atoms. The number of aromatic nitrogens is 1. The van der Waals surface area contributed by atoms with Crippen LogP contribution in [-0.2, 0) is 4.79 Å². The third-order valence-corrected chi connectivity index (χ3v) is 6.30. The smallest absolute Gasteiger partial charge is 0.248 e. The van der Waals surface area contributed by atoms with Crippen LogP contribution in [0, 0.1) is 0 Å². The van der Waals surface area contributed by atoms with Crippen LogP contribution >= 0.6 is 46.1 Å². The molecule has 0 saturated heterocycles. The first kappa shape index (κ1) is 21.7. The molecule has 1 heterocycles. The number of halogens is 3. The number of anilines is 1. The second kappa shape index (κ2) is 9.28. The molecule has 1 aromatic heterocycles. The van der Waals surface area contributed by atoms with Gasteiger partial charge in [-0.25, -0.2) is 4.98 Å². The second-order valence-corrected chi connectivity index (χ2v) is 8.80. The lowest BCUT2D eigenvalue weighted by Gasteiger charge is -2.08. The van der Waals surface area contributed by atoms with Gasteiger partial charge in [0.15, 0.2) is 0 Å². The maximum Gasteiger partial charge on any atom is 0.248 e. The molecule has 0 aliphatic carbocycles. The van der Waals surface area contributed by atoms with Crippen LogP contribution in [0.3, 0.4) is 0 Å². The van der Waals surface area contributed by atoms with E-state index in [4.69, 9.17) is 39.5 Å². The van der Waals surface area contributed by atoms with Crippen LogP contribution in [0.2, 0.25) is 15.1 Å². The highest BCUT2D eigenvalue weighted by atomic mass is 35.5. The number of hydrogen-bond donors (Lipinski definition) is 1. The minimum absolute atomic E-state index is 0.332. The quantitative estimate of drug-likeness (QED) is 0.294. The Morgan fingerprint density at radius 2 is 1.87 bits per heavy atom. The molecule has 3 aromatic carbocycles. The highest BCUT2D eigenvalue weighted by Gasteiger charge is 2.11. The number of hydrogen-bond acceptors (Lipinski definition) is 4. The molecule has 0 aliphatic heterocycles. The fourth-order valence-electron chi connectivity index (χ4n) is 3.02. The molecule has 0 unspecified atom stereocenters. The molecule has 0 saturated carbocycles. The number of thiazole rings is 1. The molecule has 4 nitrogen and oxygen atoms in total. The first-order valence-corrected chi connectivity index (χ1v) is 11.1. The molecule has 4 rings (SSSR count). The van der Waals surface area contributed by atoms with Gasteiger partial charge in [-0.1, -0.05) is 46.9 Å². The molecular weight excluding hydrogens is 475 g/mol. The number of carbonyl (C=O) groups is 1. The van der Waals surface area contributed by atoms with Gasteiger partial charge in [-0.2, -0.15) is 0 Å². The first-order valence-electron chi connectivity index (χ1n) is 9.12.